The van der Waals surface area contributed by atoms with Gasteiger partial charge in [-0.3, -0.25) is 9.89 Å². The Hall–Kier alpha value is -3.07. The fraction of sp³-hybridized carbons (Fsp3) is 0.278. The second-order valence-corrected chi connectivity index (χ2v) is 6.42. The lowest BCUT2D eigenvalue weighted by Crippen LogP contribution is -2.46. The van der Waals surface area contributed by atoms with Crippen molar-refractivity contribution in [2.45, 2.75) is 6.92 Å². The number of nitrogens with zero attached hydrogens (tertiary/aromatic N) is 3. The second kappa shape index (κ2) is 6.58. The number of nitrogens with one attached hydrogen (secondary N) is 2. The zero-order valence-corrected chi connectivity index (χ0v) is 14.5. The quantitative estimate of drug-likeness (QED) is 0.639. The fourth-order valence-electron chi connectivity index (χ4n) is 3.25. The molecule has 7 nitrogen and oxygen atoms in total. The van der Waals surface area contributed by atoms with Gasteiger partial charge in [0.05, 0.1) is 22.3 Å². The lowest BCUT2D eigenvalue weighted by molar-refractivity contribution is 0.0737. The first-order valence-electron chi connectivity index (χ1n) is 8.50. The molecule has 140 valence electrons. The highest BCUT2D eigenvalue weighted by Crippen LogP contribution is 2.30. The molecule has 1 saturated heterocycles. The minimum atomic E-state index is -1.09. The van der Waals surface area contributed by atoms with E-state index >= 15 is 0 Å². The Labute approximate surface area is 153 Å². The molecule has 0 bridgehead atoms. The first-order chi connectivity index (χ1) is 13.0. The van der Waals surface area contributed by atoms with Crippen LogP contribution in [-0.4, -0.2) is 57.3 Å². The van der Waals surface area contributed by atoms with Gasteiger partial charge in [0.15, 0.2) is 23.0 Å². The van der Waals surface area contributed by atoms with Crippen molar-refractivity contribution in [3.05, 3.63) is 41.1 Å². The Morgan fingerprint density at radius 1 is 1.19 bits per heavy atom. The van der Waals surface area contributed by atoms with Crippen LogP contribution in [0.4, 0.5) is 8.78 Å². The molecule has 1 amide bonds. The van der Waals surface area contributed by atoms with Crippen LogP contribution in [0.5, 0.6) is 5.75 Å². The van der Waals surface area contributed by atoms with Gasteiger partial charge in [0, 0.05) is 31.7 Å². The normalized spacial score (nSPS) is 14.7. The molecule has 0 atom stereocenters. The highest BCUT2D eigenvalue weighted by atomic mass is 19.1. The smallest absolute Gasteiger partial charge is 0.254 e. The lowest BCUT2D eigenvalue weighted by atomic mass is 10.0. The molecule has 0 spiro atoms. The number of aromatic hydroxyl groups is 1. The molecule has 4 rings (SSSR count). The number of aromatic amines is 1. The molecule has 0 radical (unpaired) electrons. The van der Waals surface area contributed by atoms with Crippen LogP contribution in [0.15, 0.2) is 18.2 Å². The van der Waals surface area contributed by atoms with Crippen LogP contribution >= 0.6 is 0 Å². The average molecular weight is 373 g/mol. The maximum Gasteiger partial charge on any atom is 0.254 e. The van der Waals surface area contributed by atoms with Crippen molar-refractivity contribution in [2.75, 3.05) is 26.2 Å². The number of rotatable bonds is 2. The number of benzene rings is 1. The van der Waals surface area contributed by atoms with Gasteiger partial charge in [0.1, 0.15) is 0 Å². The van der Waals surface area contributed by atoms with Crippen molar-refractivity contribution in [3.63, 3.8) is 0 Å². The number of hydrogen-bond donors (Lipinski definition) is 3. The Kier molecular flexibility index (Phi) is 4.23. The number of phenolic OH excluding ortho intramolecular Hbond substituents is 1. The molecule has 0 unspecified atom stereocenters. The number of amides is 1. The minimum Gasteiger partial charge on any atom is -0.503 e. The summed E-state index contributed by atoms with van der Waals surface area (Å²) in [5, 5.41) is 20.0. The summed E-state index contributed by atoms with van der Waals surface area (Å²) < 4.78 is 27.5. The van der Waals surface area contributed by atoms with E-state index < -0.39 is 17.4 Å². The average Bonchev–Trinajstić information content (AvgIpc) is 3.06. The van der Waals surface area contributed by atoms with Gasteiger partial charge in [-0.2, -0.15) is 5.10 Å². The predicted octanol–water partition coefficient (Wildman–Crippen LogP) is 1.96. The van der Waals surface area contributed by atoms with Gasteiger partial charge in [0.25, 0.3) is 5.91 Å². The Morgan fingerprint density at radius 2 is 1.85 bits per heavy atom. The maximum absolute atomic E-state index is 13.8. The molecule has 9 heteroatoms. The van der Waals surface area contributed by atoms with Crippen LogP contribution in [0.25, 0.3) is 22.3 Å². The Balaban J connectivity index is 1.88. The number of H-pyrrole nitrogens is 1. The summed E-state index contributed by atoms with van der Waals surface area (Å²) in [6, 6.07) is 3.48. The molecule has 27 heavy (non-hydrogen) atoms. The van der Waals surface area contributed by atoms with Crippen molar-refractivity contribution in [1.29, 1.82) is 0 Å². The summed E-state index contributed by atoms with van der Waals surface area (Å²) in [5.41, 5.74) is 1.67. The highest BCUT2D eigenvalue weighted by molar-refractivity contribution is 6.07. The predicted molar refractivity (Wildman–Crippen MR) is 94.4 cm³/mol. The summed E-state index contributed by atoms with van der Waals surface area (Å²) in [7, 11) is 0. The number of carbonyl (C=O) groups is 1. The number of pyridine rings is 1. The SMILES string of the molecule is Cc1n[nH]c2nc(-c3cc(F)c(O)c(F)c3)cc(C(=O)N3CCNCC3)c12. The van der Waals surface area contributed by atoms with Crippen LogP contribution in [0, 0.1) is 18.6 Å². The number of fused-ring (bicyclic) bond motifs is 1. The minimum absolute atomic E-state index is 0.117. The molecule has 2 aromatic heterocycles. The van der Waals surface area contributed by atoms with Gasteiger partial charge in [-0.1, -0.05) is 0 Å². The van der Waals surface area contributed by atoms with Gasteiger partial charge in [-0.15, -0.1) is 0 Å². The topological polar surface area (TPSA) is 94.1 Å². The molecule has 0 aliphatic carbocycles. The molecule has 3 heterocycles. The van der Waals surface area contributed by atoms with Crippen molar-refractivity contribution in [1.82, 2.24) is 25.4 Å². The van der Waals surface area contributed by atoms with Crippen LogP contribution < -0.4 is 5.32 Å². The number of hydrogen-bond acceptors (Lipinski definition) is 5. The lowest BCUT2D eigenvalue weighted by Gasteiger charge is -2.27. The molecule has 1 aromatic carbocycles. The molecule has 1 aliphatic heterocycles. The molecule has 1 fully saturated rings. The van der Waals surface area contributed by atoms with Crippen molar-refractivity contribution in [2.24, 2.45) is 0 Å². The third-order valence-electron chi connectivity index (χ3n) is 4.66. The molecule has 1 aliphatic rings. The van der Waals surface area contributed by atoms with Crippen LogP contribution in [0.1, 0.15) is 16.1 Å². The number of piperazine rings is 1. The summed E-state index contributed by atoms with van der Waals surface area (Å²) in [6.07, 6.45) is 0. The zero-order valence-electron chi connectivity index (χ0n) is 14.5. The Morgan fingerprint density at radius 3 is 2.52 bits per heavy atom. The van der Waals surface area contributed by atoms with Gasteiger partial charge >= 0.3 is 0 Å². The third kappa shape index (κ3) is 2.99. The van der Waals surface area contributed by atoms with E-state index in [1.54, 1.807) is 11.8 Å². The number of aromatic nitrogens is 3. The van der Waals surface area contributed by atoms with Gasteiger partial charge < -0.3 is 15.3 Å². The van der Waals surface area contributed by atoms with Gasteiger partial charge in [-0.05, 0) is 25.1 Å². The number of halogens is 2. The molecule has 3 aromatic rings. The largest absolute Gasteiger partial charge is 0.503 e. The van der Waals surface area contributed by atoms with Crippen LogP contribution in [0.3, 0.4) is 0 Å². The number of carbonyl (C=O) groups excluding carboxylic acids is 1. The molecule has 3 N–H and O–H groups in total. The number of aryl methyl sites for hydroxylation is 1. The summed E-state index contributed by atoms with van der Waals surface area (Å²) in [5.74, 6) is -3.42. The standard InChI is InChI=1S/C18H17F2N5O2/c1-9-15-11(18(27)25-4-2-21-3-5-25)8-14(22-17(15)24-23-9)10-6-12(19)16(26)13(20)7-10/h6-8,21,26H,2-5H2,1H3,(H,22,23,24). The molecular weight excluding hydrogens is 356 g/mol. The zero-order chi connectivity index (χ0) is 19.1. The second-order valence-electron chi connectivity index (χ2n) is 6.42. The first kappa shape index (κ1) is 17.3. The van der Waals surface area contributed by atoms with E-state index in [9.17, 15) is 18.7 Å². The van der Waals surface area contributed by atoms with Crippen molar-refractivity contribution >= 4 is 16.9 Å². The van der Waals surface area contributed by atoms with Crippen LogP contribution in [0.2, 0.25) is 0 Å². The summed E-state index contributed by atoms with van der Waals surface area (Å²) in [6.45, 7) is 4.29. The molecular formula is C18H17F2N5O2. The highest BCUT2D eigenvalue weighted by Gasteiger charge is 2.24. The number of phenols is 1. The Bertz CT molecular complexity index is 1020. The monoisotopic (exact) mass is 373 g/mol. The summed E-state index contributed by atoms with van der Waals surface area (Å²) in [4.78, 5) is 19.1. The maximum atomic E-state index is 13.8. The fourth-order valence-corrected chi connectivity index (χ4v) is 3.25. The first-order valence-corrected chi connectivity index (χ1v) is 8.50. The van der Waals surface area contributed by atoms with E-state index in [2.05, 4.69) is 20.5 Å². The van der Waals surface area contributed by atoms with E-state index in [4.69, 9.17) is 0 Å². The van der Waals surface area contributed by atoms with Gasteiger partial charge in [0.2, 0.25) is 0 Å². The van der Waals surface area contributed by atoms with Crippen molar-refractivity contribution < 1.29 is 18.7 Å². The van der Waals surface area contributed by atoms with Crippen LogP contribution in [-0.2, 0) is 0 Å². The van der Waals surface area contributed by atoms with E-state index in [0.717, 1.165) is 12.1 Å². The van der Waals surface area contributed by atoms with E-state index in [0.29, 0.717) is 48.5 Å². The summed E-state index contributed by atoms with van der Waals surface area (Å²) >= 11 is 0. The van der Waals surface area contributed by atoms with Crippen molar-refractivity contribution in [3.8, 4) is 17.0 Å². The van der Waals surface area contributed by atoms with E-state index in [1.165, 1.54) is 6.07 Å². The van der Waals surface area contributed by atoms with E-state index in [1.807, 2.05) is 0 Å². The third-order valence-corrected chi connectivity index (χ3v) is 4.66. The van der Waals surface area contributed by atoms with E-state index in [-0.39, 0.29) is 17.2 Å². The van der Waals surface area contributed by atoms with Gasteiger partial charge in [-0.25, -0.2) is 13.8 Å². The molecule has 0 saturated carbocycles.